The minimum absolute atomic E-state index is 0.295. The van der Waals surface area contributed by atoms with E-state index in [4.69, 9.17) is 14.2 Å². The molecule has 0 saturated heterocycles. The average molecular weight is 478 g/mol. The van der Waals surface area contributed by atoms with Crippen LogP contribution in [-0.4, -0.2) is 25.6 Å². The van der Waals surface area contributed by atoms with Crippen molar-refractivity contribution in [3.63, 3.8) is 0 Å². The lowest BCUT2D eigenvalue weighted by Gasteiger charge is -2.11. The van der Waals surface area contributed by atoms with Crippen LogP contribution in [0.1, 0.15) is 45.3 Å². The summed E-state index contributed by atoms with van der Waals surface area (Å²) in [6, 6.07) is 15.4. The molecule has 0 radical (unpaired) electrons. The van der Waals surface area contributed by atoms with Crippen molar-refractivity contribution in [1.82, 2.24) is 0 Å². The number of carbonyl (C=O) groups excluding carboxylic acids is 2. The molecule has 0 aliphatic heterocycles. The van der Waals surface area contributed by atoms with Gasteiger partial charge < -0.3 is 19.5 Å². The van der Waals surface area contributed by atoms with Crippen LogP contribution in [0.25, 0.3) is 6.08 Å². The van der Waals surface area contributed by atoms with E-state index in [0.717, 1.165) is 40.8 Å². The Bertz CT molecular complexity index is 1200. The molecule has 7 heteroatoms. The third-order valence-electron chi connectivity index (χ3n) is 5.49. The van der Waals surface area contributed by atoms with Crippen LogP contribution >= 0.6 is 11.3 Å². The number of benzene rings is 2. The zero-order chi connectivity index (χ0) is 23.9. The van der Waals surface area contributed by atoms with Crippen molar-refractivity contribution < 1.29 is 23.8 Å². The molecule has 1 aliphatic rings. The lowest BCUT2D eigenvalue weighted by atomic mass is 10.1. The second-order valence-corrected chi connectivity index (χ2v) is 8.89. The molecule has 0 atom stereocenters. The van der Waals surface area contributed by atoms with Gasteiger partial charge >= 0.3 is 5.97 Å². The number of thiophene rings is 1. The Labute approximate surface area is 203 Å². The largest absolute Gasteiger partial charge is 0.493 e. The summed E-state index contributed by atoms with van der Waals surface area (Å²) in [5.74, 6) is 0.517. The van der Waals surface area contributed by atoms with Crippen molar-refractivity contribution in [2.75, 3.05) is 19.0 Å². The third-order valence-corrected chi connectivity index (χ3v) is 6.70. The summed E-state index contributed by atoms with van der Waals surface area (Å²) in [5.41, 5.74) is 3.37. The number of fused-ring (bicyclic) bond motifs is 1. The van der Waals surface area contributed by atoms with Crippen LogP contribution in [0.4, 0.5) is 5.00 Å². The Kier molecular flexibility index (Phi) is 7.65. The molecule has 4 rings (SSSR count). The molecule has 34 heavy (non-hydrogen) atoms. The van der Waals surface area contributed by atoms with E-state index in [1.165, 1.54) is 17.4 Å². The standard InChI is InChI=1S/C27H27NO5S/c1-3-32-27(30)25-20-10-7-11-23(20)34-26(25)28-24(29)15-13-18-12-14-21(22(16-18)31-2)33-17-19-8-5-4-6-9-19/h4-6,8-9,12-16H,3,7,10-11,17H2,1-2H3,(H,28,29). The van der Waals surface area contributed by atoms with E-state index in [2.05, 4.69) is 5.32 Å². The summed E-state index contributed by atoms with van der Waals surface area (Å²) < 4.78 is 16.6. The van der Waals surface area contributed by atoms with E-state index < -0.39 is 0 Å². The molecule has 0 saturated carbocycles. The fourth-order valence-corrected chi connectivity index (χ4v) is 5.16. The fourth-order valence-electron chi connectivity index (χ4n) is 3.88. The Morgan fingerprint density at radius 1 is 1.09 bits per heavy atom. The maximum absolute atomic E-state index is 12.6. The van der Waals surface area contributed by atoms with Crippen LogP contribution in [0.5, 0.6) is 11.5 Å². The molecule has 0 spiro atoms. The highest BCUT2D eigenvalue weighted by atomic mass is 32.1. The highest BCUT2D eigenvalue weighted by Crippen LogP contribution is 2.39. The van der Waals surface area contributed by atoms with Gasteiger partial charge in [-0.2, -0.15) is 0 Å². The van der Waals surface area contributed by atoms with Gasteiger partial charge in [-0.1, -0.05) is 36.4 Å². The lowest BCUT2D eigenvalue weighted by molar-refractivity contribution is -0.111. The van der Waals surface area contributed by atoms with Crippen molar-refractivity contribution in [3.8, 4) is 11.5 Å². The highest BCUT2D eigenvalue weighted by Gasteiger charge is 2.28. The van der Waals surface area contributed by atoms with Gasteiger partial charge in [-0.15, -0.1) is 11.3 Å². The van der Waals surface area contributed by atoms with Gasteiger partial charge in [0, 0.05) is 11.0 Å². The van der Waals surface area contributed by atoms with Gasteiger partial charge in [0.25, 0.3) is 0 Å². The van der Waals surface area contributed by atoms with Gasteiger partial charge in [0.2, 0.25) is 5.91 Å². The van der Waals surface area contributed by atoms with E-state index in [9.17, 15) is 9.59 Å². The zero-order valence-electron chi connectivity index (χ0n) is 19.3. The van der Waals surface area contributed by atoms with Gasteiger partial charge in [0.15, 0.2) is 11.5 Å². The summed E-state index contributed by atoms with van der Waals surface area (Å²) in [6.45, 7) is 2.50. The van der Waals surface area contributed by atoms with E-state index in [1.807, 2.05) is 48.5 Å². The number of nitrogens with one attached hydrogen (secondary N) is 1. The second kappa shape index (κ2) is 11.0. The summed E-state index contributed by atoms with van der Waals surface area (Å²) in [6.07, 6.45) is 5.93. The summed E-state index contributed by atoms with van der Waals surface area (Å²) >= 11 is 1.46. The van der Waals surface area contributed by atoms with Crippen molar-refractivity contribution >= 4 is 34.3 Å². The number of carbonyl (C=O) groups is 2. The van der Waals surface area contributed by atoms with Crippen LogP contribution in [0, 0.1) is 0 Å². The fraction of sp³-hybridized carbons (Fsp3) is 0.259. The van der Waals surface area contributed by atoms with Crippen LogP contribution in [0.15, 0.2) is 54.6 Å². The maximum Gasteiger partial charge on any atom is 0.341 e. The number of esters is 1. The molecular weight excluding hydrogens is 450 g/mol. The van der Waals surface area contributed by atoms with E-state index in [1.54, 1.807) is 20.1 Å². The Morgan fingerprint density at radius 2 is 1.91 bits per heavy atom. The minimum atomic E-state index is -0.378. The maximum atomic E-state index is 12.6. The molecule has 1 aromatic heterocycles. The van der Waals surface area contributed by atoms with Gasteiger partial charge in [-0.3, -0.25) is 4.79 Å². The molecule has 1 N–H and O–H groups in total. The molecular formula is C27H27NO5S. The summed E-state index contributed by atoms with van der Waals surface area (Å²) in [5, 5.41) is 3.42. The van der Waals surface area contributed by atoms with Crippen molar-refractivity contribution in [1.29, 1.82) is 0 Å². The normalized spacial score (nSPS) is 12.4. The molecule has 1 aliphatic carbocycles. The van der Waals surface area contributed by atoms with Crippen LogP contribution in [-0.2, 0) is 29.0 Å². The molecule has 176 valence electrons. The Morgan fingerprint density at radius 3 is 2.68 bits per heavy atom. The number of hydrogen-bond donors (Lipinski definition) is 1. The topological polar surface area (TPSA) is 73.9 Å². The molecule has 2 aromatic carbocycles. The Balaban J connectivity index is 1.44. The zero-order valence-corrected chi connectivity index (χ0v) is 20.1. The predicted octanol–water partition coefficient (Wildman–Crippen LogP) is 5.65. The third kappa shape index (κ3) is 5.48. The first-order valence-electron chi connectivity index (χ1n) is 11.2. The molecule has 0 fully saturated rings. The number of methoxy groups -OCH3 is 1. The smallest absolute Gasteiger partial charge is 0.341 e. The summed E-state index contributed by atoms with van der Waals surface area (Å²) in [4.78, 5) is 26.3. The molecule has 1 amide bonds. The van der Waals surface area contributed by atoms with Crippen molar-refractivity contribution in [3.05, 3.63) is 81.7 Å². The molecule has 0 bridgehead atoms. The monoisotopic (exact) mass is 477 g/mol. The van der Waals surface area contributed by atoms with Gasteiger partial charge in [-0.05, 0) is 61.1 Å². The molecule has 0 unspecified atom stereocenters. The van der Waals surface area contributed by atoms with Crippen LogP contribution in [0.3, 0.4) is 0 Å². The van der Waals surface area contributed by atoms with Crippen LogP contribution in [0.2, 0.25) is 0 Å². The number of ether oxygens (including phenoxy) is 3. The number of hydrogen-bond acceptors (Lipinski definition) is 6. The number of rotatable bonds is 9. The Hall–Kier alpha value is -3.58. The van der Waals surface area contributed by atoms with Crippen molar-refractivity contribution in [2.24, 2.45) is 0 Å². The first-order valence-corrected chi connectivity index (χ1v) is 12.1. The first kappa shape index (κ1) is 23.6. The van der Waals surface area contributed by atoms with Gasteiger partial charge in [-0.25, -0.2) is 4.79 Å². The second-order valence-electron chi connectivity index (χ2n) is 7.79. The molecule has 1 heterocycles. The minimum Gasteiger partial charge on any atom is -0.493 e. The SMILES string of the molecule is CCOC(=O)c1c(NC(=O)C=Cc2ccc(OCc3ccccc3)c(OC)c2)sc2c1CCC2. The summed E-state index contributed by atoms with van der Waals surface area (Å²) in [7, 11) is 1.58. The predicted molar refractivity (Wildman–Crippen MR) is 134 cm³/mol. The quantitative estimate of drug-likeness (QED) is 0.318. The van der Waals surface area contributed by atoms with Crippen molar-refractivity contribution in [2.45, 2.75) is 32.8 Å². The lowest BCUT2D eigenvalue weighted by Crippen LogP contribution is -2.13. The van der Waals surface area contributed by atoms with Crippen LogP contribution < -0.4 is 14.8 Å². The van der Waals surface area contributed by atoms with E-state index in [0.29, 0.717) is 35.3 Å². The number of anilines is 1. The van der Waals surface area contributed by atoms with Gasteiger partial charge in [0.05, 0.1) is 19.3 Å². The molecule has 3 aromatic rings. The first-order chi connectivity index (χ1) is 16.6. The van der Waals surface area contributed by atoms with E-state index in [-0.39, 0.29) is 11.9 Å². The van der Waals surface area contributed by atoms with Gasteiger partial charge in [0.1, 0.15) is 11.6 Å². The highest BCUT2D eigenvalue weighted by molar-refractivity contribution is 7.17. The molecule has 6 nitrogen and oxygen atoms in total. The number of aryl methyl sites for hydroxylation is 1. The van der Waals surface area contributed by atoms with E-state index >= 15 is 0 Å². The number of amides is 1. The average Bonchev–Trinajstić information content (AvgIpc) is 3.43.